The van der Waals surface area contributed by atoms with Crippen molar-refractivity contribution in [3.8, 4) is 0 Å². The van der Waals surface area contributed by atoms with Gasteiger partial charge in [-0.05, 0) is 31.4 Å². The molecule has 0 radical (unpaired) electrons. The highest BCUT2D eigenvalue weighted by Gasteiger charge is 2.20. The first-order chi connectivity index (χ1) is 9.20. The van der Waals surface area contributed by atoms with Gasteiger partial charge in [-0.1, -0.05) is 18.6 Å². The lowest BCUT2D eigenvalue weighted by molar-refractivity contribution is -0.384. The maximum Gasteiger partial charge on any atom is 0.269 e. The summed E-state index contributed by atoms with van der Waals surface area (Å²) in [6.45, 7) is 2.10. The summed E-state index contributed by atoms with van der Waals surface area (Å²) >= 11 is 6.00. The quantitative estimate of drug-likeness (QED) is 0.473. The largest absolute Gasteiger partial charge is 0.299 e. The van der Waals surface area contributed by atoms with Crippen LogP contribution < -0.4 is 0 Å². The van der Waals surface area contributed by atoms with Crippen molar-refractivity contribution in [3.05, 3.63) is 39.9 Å². The summed E-state index contributed by atoms with van der Waals surface area (Å²) < 4.78 is 0. The Kier molecular flexibility index (Phi) is 5.16. The topological polar surface area (TPSA) is 46.4 Å². The highest BCUT2D eigenvalue weighted by molar-refractivity contribution is 6.18. The number of nitrogens with zero attached hydrogens (tertiary/aromatic N) is 2. The van der Waals surface area contributed by atoms with Crippen LogP contribution in [0.25, 0.3) is 0 Å². The van der Waals surface area contributed by atoms with Gasteiger partial charge >= 0.3 is 0 Å². The van der Waals surface area contributed by atoms with Gasteiger partial charge in [-0.25, -0.2) is 0 Å². The van der Waals surface area contributed by atoms with E-state index in [1.54, 1.807) is 12.1 Å². The van der Waals surface area contributed by atoms with Crippen LogP contribution in [0.15, 0.2) is 24.3 Å². The maximum absolute atomic E-state index is 10.6. The lowest BCUT2D eigenvalue weighted by Crippen LogP contribution is -2.41. The lowest BCUT2D eigenvalue weighted by atomic mass is 10.0. The molecular formula is C14H19ClN2O2. The molecule has 1 aromatic rings. The van der Waals surface area contributed by atoms with Crippen molar-refractivity contribution < 1.29 is 4.92 Å². The van der Waals surface area contributed by atoms with Crippen LogP contribution >= 0.6 is 11.6 Å². The van der Waals surface area contributed by atoms with E-state index >= 15 is 0 Å². The Morgan fingerprint density at radius 1 is 1.32 bits per heavy atom. The molecule has 1 atom stereocenters. The summed E-state index contributed by atoms with van der Waals surface area (Å²) in [6.07, 6.45) is 4.62. The fourth-order valence-corrected chi connectivity index (χ4v) is 2.94. The number of hydrogen-bond acceptors (Lipinski definition) is 3. The molecular weight excluding hydrogens is 264 g/mol. The number of likely N-dealkylation sites (tertiary alicyclic amines) is 1. The van der Waals surface area contributed by atoms with E-state index in [4.69, 9.17) is 11.6 Å². The van der Waals surface area contributed by atoms with E-state index in [9.17, 15) is 10.1 Å². The maximum atomic E-state index is 10.6. The number of nitro groups is 1. The fraction of sp³-hybridized carbons (Fsp3) is 0.571. The monoisotopic (exact) mass is 282 g/mol. The van der Waals surface area contributed by atoms with Gasteiger partial charge in [-0.3, -0.25) is 15.0 Å². The number of piperidine rings is 1. The Labute approximate surface area is 118 Å². The zero-order valence-corrected chi connectivity index (χ0v) is 11.7. The SMILES string of the molecule is O=[N+]([O-])c1ccc(CCN2CCCCC2CCl)cc1. The second kappa shape index (κ2) is 6.87. The highest BCUT2D eigenvalue weighted by Crippen LogP contribution is 2.19. The standard InChI is InChI=1S/C14H19ClN2O2/c15-11-14-3-1-2-9-16(14)10-8-12-4-6-13(7-5-12)17(18)19/h4-7,14H,1-3,8-11H2. The number of hydrogen-bond donors (Lipinski definition) is 0. The molecule has 0 bridgehead atoms. The van der Waals surface area contributed by atoms with E-state index in [0.717, 1.165) is 25.1 Å². The Bertz CT molecular complexity index is 422. The minimum Gasteiger partial charge on any atom is -0.299 e. The van der Waals surface area contributed by atoms with E-state index in [-0.39, 0.29) is 10.6 Å². The zero-order chi connectivity index (χ0) is 13.7. The van der Waals surface area contributed by atoms with Crippen molar-refractivity contribution in [2.45, 2.75) is 31.7 Å². The van der Waals surface area contributed by atoms with Crippen molar-refractivity contribution in [1.82, 2.24) is 4.90 Å². The third kappa shape index (κ3) is 3.91. The Hall–Kier alpha value is -1.13. The molecule has 1 aliphatic rings. The highest BCUT2D eigenvalue weighted by atomic mass is 35.5. The van der Waals surface area contributed by atoms with Gasteiger partial charge in [0.2, 0.25) is 0 Å². The van der Waals surface area contributed by atoms with Gasteiger partial charge in [-0.15, -0.1) is 11.6 Å². The summed E-state index contributed by atoms with van der Waals surface area (Å²) in [4.78, 5) is 12.7. The average Bonchev–Trinajstić information content (AvgIpc) is 2.45. The van der Waals surface area contributed by atoms with Crippen LogP contribution in [0.2, 0.25) is 0 Å². The number of alkyl halides is 1. The number of non-ortho nitro benzene ring substituents is 1. The number of halogens is 1. The average molecular weight is 283 g/mol. The second-order valence-corrected chi connectivity index (χ2v) is 5.32. The molecule has 0 saturated carbocycles. The van der Waals surface area contributed by atoms with Crippen LogP contribution in [0, 0.1) is 10.1 Å². The van der Waals surface area contributed by atoms with Gasteiger partial charge in [0.1, 0.15) is 0 Å². The molecule has 1 saturated heterocycles. The third-order valence-corrected chi connectivity index (χ3v) is 4.12. The molecule has 0 N–H and O–H groups in total. The molecule has 1 aromatic carbocycles. The molecule has 1 fully saturated rings. The van der Waals surface area contributed by atoms with Gasteiger partial charge in [0, 0.05) is 30.6 Å². The smallest absolute Gasteiger partial charge is 0.269 e. The van der Waals surface area contributed by atoms with Crippen LogP contribution in [0.4, 0.5) is 5.69 Å². The molecule has 104 valence electrons. The van der Waals surface area contributed by atoms with Crippen LogP contribution in [-0.4, -0.2) is 34.8 Å². The summed E-state index contributed by atoms with van der Waals surface area (Å²) in [5.41, 5.74) is 1.30. The van der Waals surface area contributed by atoms with Crippen molar-refractivity contribution >= 4 is 17.3 Å². The zero-order valence-electron chi connectivity index (χ0n) is 10.9. The molecule has 1 heterocycles. The summed E-state index contributed by atoms with van der Waals surface area (Å²) in [6, 6.07) is 7.33. The molecule has 0 aliphatic carbocycles. The van der Waals surface area contributed by atoms with Gasteiger partial charge in [0.15, 0.2) is 0 Å². The number of rotatable bonds is 5. The minimum atomic E-state index is -0.363. The van der Waals surface area contributed by atoms with Crippen molar-refractivity contribution in [2.24, 2.45) is 0 Å². The summed E-state index contributed by atoms with van der Waals surface area (Å²) in [5, 5.41) is 10.6. The first-order valence-electron chi connectivity index (χ1n) is 6.74. The molecule has 0 amide bonds. The van der Waals surface area contributed by atoms with Crippen LogP contribution in [0.3, 0.4) is 0 Å². The van der Waals surface area contributed by atoms with Crippen LogP contribution in [0.5, 0.6) is 0 Å². The first kappa shape index (κ1) is 14.3. The van der Waals surface area contributed by atoms with Crippen molar-refractivity contribution in [2.75, 3.05) is 19.0 Å². The third-order valence-electron chi connectivity index (χ3n) is 3.76. The van der Waals surface area contributed by atoms with E-state index in [2.05, 4.69) is 4.90 Å². The van der Waals surface area contributed by atoms with E-state index < -0.39 is 0 Å². The van der Waals surface area contributed by atoms with Gasteiger partial charge in [-0.2, -0.15) is 0 Å². The molecule has 19 heavy (non-hydrogen) atoms. The Morgan fingerprint density at radius 2 is 2.05 bits per heavy atom. The van der Waals surface area contributed by atoms with E-state index in [1.807, 2.05) is 12.1 Å². The van der Waals surface area contributed by atoms with Crippen molar-refractivity contribution in [1.29, 1.82) is 0 Å². The van der Waals surface area contributed by atoms with Crippen molar-refractivity contribution in [3.63, 3.8) is 0 Å². The molecule has 4 nitrogen and oxygen atoms in total. The molecule has 5 heteroatoms. The van der Waals surface area contributed by atoms with E-state index in [1.165, 1.54) is 19.3 Å². The molecule has 0 aromatic heterocycles. The fourth-order valence-electron chi connectivity index (χ4n) is 2.59. The van der Waals surface area contributed by atoms with Crippen LogP contribution in [-0.2, 0) is 6.42 Å². The predicted molar refractivity (Wildman–Crippen MR) is 76.7 cm³/mol. The minimum absolute atomic E-state index is 0.153. The summed E-state index contributed by atoms with van der Waals surface area (Å²) in [7, 11) is 0. The molecule has 1 aliphatic heterocycles. The van der Waals surface area contributed by atoms with Crippen LogP contribution in [0.1, 0.15) is 24.8 Å². The van der Waals surface area contributed by atoms with Gasteiger partial charge in [0.25, 0.3) is 5.69 Å². The van der Waals surface area contributed by atoms with Gasteiger partial charge in [0.05, 0.1) is 4.92 Å². The first-order valence-corrected chi connectivity index (χ1v) is 7.27. The summed E-state index contributed by atoms with van der Waals surface area (Å²) in [5.74, 6) is 0.695. The lowest BCUT2D eigenvalue weighted by Gasteiger charge is -2.34. The number of benzene rings is 1. The second-order valence-electron chi connectivity index (χ2n) is 5.01. The number of nitro benzene ring substituents is 1. The molecule has 1 unspecified atom stereocenters. The normalized spacial score (nSPS) is 20.4. The molecule has 0 spiro atoms. The van der Waals surface area contributed by atoms with E-state index in [0.29, 0.717) is 11.9 Å². The van der Waals surface area contributed by atoms with Gasteiger partial charge < -0.3 is 0 Å². The Morgan fingerprint density at radius 3 is 2.68 bits per heavy atom. The Balaban J connectivity index is 1.88. The predicted octanol–water partition coefficient (Wildman–Crippen LogP) is 3.23. The molecule has 2 rings (SSSR count).